The van der Waals surface area contributed by atoms with E-state index in [0.29, 0.717) is 11.6 Å². The number of hydrogen-bond acceptors (Lipinski definition) is 5. The van der Waals surface area contributed by atoms with Crippen LogP contribution in [0.1, 0.15) is 13.3 Å². The van der Waals surface area contributed by atoms with E-state index in [0.717, 1.165) is 3.57 Å². The molecule has 0 aliphatic rings. The number of esters is 1. The lowest BCUT2D eigenvalue weighted by Gasteiger charge is -2.07. The first kappa shape index (κ1) is 12.7. The maximum absolute atomic E-state index is 11.0. The molecule has 0 amide bonds. The Bertz CT molecular complexity index is 331. The topological polar surface area (TPSA) is 52.1 Å². The summed E-state index contributed by atoms with van der Waals surface area (Å²) in [6.07, 6.45) is 3.87. The molecule has 0 N–H and O–H groups in total. The SMILES string of the molecule is COC(=O)CC(C)Sc1ncc(I)cn1. The maximum atomic E-state index is 11.0. The Morgan fingerprint density at radius 2 is 2.20 bits per heavy atom. The fourth-order valence-electron chi connectivity index (χ4n) is 0.901. The standard InChI is InChI=1S/C9H11IN2O2S/c1-6(3-8(13)14-2)15-9-11-4-7(10)5-12-9/h4-6H,3H2,1-2H3. The van der Waals surface area contributed by atoms with Gasteiger partial charge in [-0.1, -0.05) is 18.7 Å². The zero-order valence-electron chi connectivity index (χ0n) is 8.44. The number of thioether (sulfide) groups is 1. The Morgan fingerprint density at radius 3 is 2.73 bits per heavy atom. The summed E-state index contributed by atoms with van der Waals surface area (Å²) >= 11 is 3.62. The molecular formula is C9H11IN2O2S. The molecule has 1 rings (SSSR count). The second kappa shape index (κ2) is 6.26. The molecule has 0 aliphatic carbocycles. The lowest BCUT2D eigenvalue weighted by Crippen LogP contribution is -2.09. The van der Waals surface area contributed by atoms with Crippen LogP contribution in [-0.2, 0) is 9.53 Å². The highest BCUT2D eigenvalue weighted by molar-refractivity contribution is 14.1. The summed E-state index contributed by atoms with van der Waals surface area (Å²) in [5, 5.41) is 0.810. The fourth-order valence-corrected chi connectivity index (χ4v) is 1.99. The number of aromatic nitrogens is 2. The number of halogens is 1. The molecule has 1 aromatic rings. The molecule has 0 bridgehead atoms. The quantitative estimate of drug-likeness (QED) is 0.364. The Morgan fingerprint density at radius 1 is 1.60 bits per heavy atom. The third kappa shape index (κ3) is 4.78. The molecule has 0 saturated carbocycles. The van der Waals surface area contributed by atoms with Gasteiger partial charge in [-0.2, -0.15) is 0 Å². The molecule has 82 valence electrons. The second-order valence-corrected chi connectivity index (χ2v) is 5.54. The van der Waals surface area contributed by atoms with Crippen molar-refractivity contribution in [1.82, 2.24) is 9.97 Å². The van der Waals surface area contributed by atoms with Crippen molar-refractivity contribution in [2.45, 2.75) is 23.8 Å². The van der Waals surface area contributed by atoms with Crippen molar-refractivity contribution in [2.75, 3.05) is 7.11 Å². The first-order valence-corrected chi connectivity index (χ1v) is 6.28. The van der Waals surface area contributed by atoms with E-state index in [1.807, 2.05) is 6.92 Å². The Balaban J connectivity index is 2.47. The van der Waals surface area contributed by atoms with Crippen LogP contribution in [0.2, 0.25) is 0 Å². The van der Waals surface area contributed by atoms with E-state index >= 15 is 0 Å². The number of hydrogen-bond donors (Lipinski definition) is 0. The average molecular weight is 338 g/mol. The monoisotopic (exact) mass is 338 g/mol. The minimum atomic E-state index is -0.208. The molecule has 1 unspecified atom stereocenters. The van der Waals surface area contributed by atoms with E-state index in [4.69, 9.17) is 0 Å². The number of ether oxygens (including phenoxy) is 1. The summed E-state index contributed by atoms with van der Waals surface area (Å²) in [6.45, 7) is 1.95. The average Bonchev–Trinajstić information content (AvgIpc) is 2.21. The van der Waals surface area contributed by atoms with Crippen LogP contribution in [0.4, 0.5) is 0 Å². The lowest BCUT2D eigenvalue weighted by atomic mass is 10.3. The van der Waals surface area contributed by atoms with Crippen molar-refractivity contribution in [2.24, 2.45) is 0 Å². The molecule has 0 saturated heterocycles. The number of nitrogens with zero attached hydrogens (tertiary/aromatic N) is 2. The smallest absolute Gasteiger partial charge is 0.306 e. The Hall–Kier alpha value is -0.370. The van der Waals surface area contributed by atoms with Gasteiger partial charge in [-0.05, 0) is 22.6 Å². The van der Waals surface area contributed by atoms with Gasteiger partial charge in [0, 0.05) is 21.2 Å². The van der Waals surface area contributed by atoms with E-state index in [9.17, 15) is 4.79 Å². The molecule has 0 aliphatic heterocycles. The molecular weight excluding hydrogens is 327 g/mol. The van der Waals surface area contributed by atoms with E-state index in [2.05, 4.69) is 37.3 Å². The van der Waals surface area contributed by atoms with Crippen molar-refractivity contribution in [3.8, 4) is 0 Å². The highest BCUT2D eigenvalue weighted by atomic mass is 127. The van der Waals surface area contributed by atoms with Gasteiger partial charge in [0.05, 0.1) is 13.5 Å². The minimum Gasteiger partial charge on any atom is -0.469 e. The highest BCUT2D eigenvalue weighted by Crippen LogP contribution is 2.21. The highest BCUT2D eigenvalue weighted by Gasteiger charge is 2.11. The van der Waals surface area contributed by atoms with Crippen LogP contribution in [0.15, 0.2) is 17.6 Å². The molecule has 0 aromatic carbocycles. The van der Waals surface area contributed by atoms with E-state index in [1.165, 1.54) is 18.9 Å². The van der Waals surface area contributed by atoms with Crippen LogP contribution >= 0.6 is 34.4 Å². The molecule has 4 nitrogen and oxygen atoms in total. The number of carbonyl (C=O) groups excluding carboxylic acids is 1. The summed E-state index contributed by atoms with van der Waals surface area (Å²) < 4.78 is 5.58. The zero-order valence-corrected chi connectivity index (χ0v) is 11.4. The van der Waals surface area contributed by atoms with Gasteiger partial charge in [0.25, 0.3) is 0 Å². The molecule has 6 heteroatoms. The maximum Gasteiger partial charge on any atom is 0.306 e. The third-order valence-corrected chi connectivity index (χ3v) is 3.13. The summed E-state index contributed by atoms with van der Waals surface area (Å²) in [5.74, 6) is -0.208. The van der Waals surface area contributed by atoms with Crippen LogP contribution in [0.5, 0.6) is 0 Å². The van der Waals surface area contributed by atoms with Crippen molar-refractivity contribution in [3.63, 3.8) is 0 Å². The van der Waals surface area contributed by atoms with E-state index < -0.39 is 0 Å². The minimum absolute atomic E-state index is 0.123. The second-order valence-electron chi connectivity index (χ2n) is 2.89. The van der Waals surface area contributed by atoms with Gasteiger partial charge in [-0.25, -0.2) is 9.97 Å². The molecule has 1 atom stereocenters. The zero-order chi connectivity index (χ0) is 11.3. The third-order valence-electron chi connectivity index (χ3n) is 1.59. The summed E-state index contributed by atoms with van der Waals surface area (Å²) in [6, 6.07) is 0. The van der Waals surface area contributed by atoms with Gasteiger partial charge in [0.1, 0.15) is 0 Å². The number of methoxy groups -OCH3 is 1. The fraction of sp³-hybridized carbons (Fsp3) is 0.444. The molecule has 1 heterocycles. The predicted molar refractivity (Wildman–Crippen MR) is 66.7 cm³/mol. The Labute approximate surface area is 106 Å². The van der Waals surface area contributed by atoms with Crippen molar-refractivity contribution < 1.29 is 9.53 Å². The van der Waals surface area contributed by atoms with Gasteiger partial charge in [0.2, 0.25) is 0 Å². The first-order chi connectivity index (χ1) is 7.11. The molecule has 1 aromatic heterocycles. The van der Waals surface area contributed by atoms with Crippen LogP contribution < -0.4 is 0 Å². The largest absolute Gasteiger partial charge is 0.469 e. The predicted octanol–water partition coefficient (Wildman–Crippen LogP) is 2.12. The van der Waals surface area contributed by atoms with Crippen LogP contribution in [0.3, 0.4) is 0 Å². The van der Waals surface area contributed by atoms with Gasteiger partial charge >= 0.3 is 5.97 Å². The first-order valence-electron chi connectivity index (χ1n) is 4.33. The van der Waals surface area contributed by atoms with E-state index in [-0.39, 0.29) is 11.2 Å². The molecule has 15 heavy (non-hydrogen) atoms. The number of carbonyl (C=O) groups is 1. The molecule has 0 fully saturated rings. The van der Waals surface area contributed by atoms with Crippen molar-refractivity contribution in [1.29, 1.82) is 0 Å². The normalized spacial score (nSPS) is 12.2. The summed E-state index contributed by atoms with van der Waals surface area (Å²) in [5.41, 5.74) is 0. The molecule has 0 radical (unpaired) electrons. The van der Waals surface area contributed by atoms with Gasteiger partial charge < -0.3 is 4.74 Å². The van der Waals surface area contributed by atoms with Crippen LogP contribution in [0, 0.1) is 3.57 Å². The summed E-state index contributed by atoms with van der Waals surface area (Å²) in [4.78, 5) is 19.3. The van der Waals surface area contributed by atoms with Gasteiger partial charge in [-0.3, -0.25) is 4.79 Å². The van der Waals surface area contributed by atoms with Gasteiger partial charge in [-0.15, -0.1) is 0 Å². The number of rotatable bonds is 4. The Kier molecular flexibility index (Phi) is 5.30. The summed E-state index contributed by atoms with van der Waals surface area (Å²) in [7, 11) is 1.39. The van der Waals surface area contributed by atoms with Gasteiger partial charge in [0.15, 0.2) is 5.16 Å². The van der Waals surface area contributed by atoms with Crippen LogP contribution in [-0.4, -0.2) is 28.3 Å². The van der Waals surface area contributed by atoms with Crippen molar-refractivity contribution in [3.05, 3.63) is 16.0 Å². The lowest BCUT2D eigenvalue weighted by molar-refractivity contribution is -0.140. The van der Waals surface area contributed by atoms with Crippen LogP contribution in [0.25, 0.3) is 0 Å². The molecule has 0 spiro atoms. The van der Waals surface area contributed by atoms with E-state index in [1.54, 1.807) is 12.4 Å². The van der Waals surface area contributed by atoms with Crippen molar-refractivity contribution >= 4 is 40.3 Å².